The molecule has 0 saturated heterocycles. The third-order valence-corrected chi connectivity index (χ3v) is 4.87. The molecule has 25 heavy (non-hydrogen) atoms. The molecule has 0 bridgehead atoms. The van der Waals surface area contributed by atoms with Crippen LogP contribution in [0.1, 0.15) is 10.5 Å². The number of carbonyl (C=O) groups is 1. The van der Waals surface area contributed by atoms with Gasteiger partial charge in [-0.3, -0.25) is 9.48 Å². The maximum absolute atomic E-state index is 11.9. The summed E-state index contributed by atoms with van der Waals surface area (Å²) in [6.07, 6.45) is 1.60. The van der Waals surface area contributed by atoms with E-state index in [1.807, 2.05) is 0 Å². The first kappa shape index (κ1) is 16.2. The monoisotopic (exact) mass is 463 g/mol. The van der Waals surface area contributed by atoms with Crippen molar-refractivity contribution in [2.75, 3.05) is 6.54 Å². The summed E-state index contributed by atoms with van der Waals surface area (Å²) in [4.78, 5) is 20.6. The minimum Gasteiger partial charge on any atom is -0.506 e. The van der Waals surface area contributed by atoms with E-state index in [-0.39, 0.29) is 11.7 Å². The number of halogens is 2. The summed E-state index contributed by atoms with van der Waals surface area (Å²) in [7, 11) is 0. The fourth-order valence-corrected chi connectivity index (χ4v) is 3.85. The highest BCUT2D eigenvalue weighted by molar-refractivity contribution is 9.11. The van der Waals surface area contributed by atoms with Gasteiger partial charge in [0.1, 0.15) is 17.1 Å². The van der Waals surface area contributed by atoms with Crippen LogP contribution in [0.25, 0.3) is 22.8 Å². The predicted octanol–water partition coefficient (Wildman–Crippen LogP) is 2.98. The molecule has 0 unspecified atom stereocenters. The van der Waals surface area contributed by atoms with E-state index < -0.39 is 0 Å². The summed E-state index contributed by atoms with van der Waals surface area (Å²) in [5.41, 5.74) is 2.17. The van der Waals surface area contributed by atoms with Crippen LogP contribution in [-0.2, 0) is 6.54 Å². The Hall–Kier alpha value is -2.26. The van der Waals surface area contributed by atoms with Crippen LogP contribution in [-0.4, -0.2) is 37.3 Å². The summed E-state index contributed by atoms with van der Waals surface area (Å²) in [5.74, 6) is 0.282. The smallest absolute Gasteiger partial charge is 0.269 e. The van der Waals surface area contributed by atoms with Gasteiger partial charge in [0.15, 0.2) is 5.82 Å². The standard InChI is InChI=1S/C16H11Br2N5O2/c17-8-5-9(14(24)10(18)6-8)15-19-2-1-11(21-15)12-7-13-16(25)20-3-4-23(13)22-12/h1-2,5-7,24H,3-4H2,(H,20,25). The molecule has 3 heterocycles. The molecule has 1 aliphatic rings. The Bertz CT molecular complexity index is 1000. The molecule has 3 aromatic rings. The van der Waals surface area contributed by atoms with Gasteiger partial charge in [0.2, 0.25) is 0 Å². The summed E-state index contributed by atoms with van der Waals surface area (Å²) in [5, 5.41) is 17.5. The molecule has 0 spiro atoms. The summed E-state index contributed by atoms with van der Waals surface area (Å²) in [6.45, 7) is 1.18. The van der Waals surface area contributed by atoms with Gasteiger partial charge in [0, 0.05) is 17.2 Å². The van der Waals surface area contributed by atoms with Gasteiger partial charge in [0.25, 0.3) is 5.91 Å². The van der Waals surface area contributed by atoms with Gasteiger partial charge in [0.05, 0.1) is 22.3 Å². The molecule has 0 fully saturated rings. The lowest BCUT2D eigenvalue weighted by Crippen LogP contribution is -2.35. The van der Waals surface area contributed by atoms with E-state index in [9.17, 15) is 9.90 Å². The molecule has 9 heteroatoms. The number of nitrogens with one attached hydrogen (secondary N) is 1. The van der Waals surface area contributed by atoms with Crippen LogP contribution in [0.15, 0.2) is 39.4 Å². The first-order valence-electron chi connectivity index (χ1n) is 7.41. The average Bonchev–Trinajstić information content (AvgIpc) is 3.04. The lowest BCUT2D eigenvalue weighted by molar-refractivity contribution is 0.0924. The molecule has 1 amide bonds. The zero-order valence-corrected chi connectivity index (χ0v) is 15.9. The zero-order valence-electron chi connectivity index (χ0n) is 12.7. The number of aromatic hydroxyl groups is 1. The van der Waals surface area contributed by atoms with Crippen molar-refractivity contribution in [3.63, 3.8) is 0 Å². The van der Waals surface area contributed by atoms with Crippen LogP contribution in [0.3, 0.4) is 0 Å². The second-order valence-electron chi connectivity index (χ2n) is 5.44. The van der Waals surface area contributed by atoms with Crippen molar-refractivity contribution in [3.05, 3.63) is 45.1 Å². The Morgan fingerprint density at radius 2 is 2.04 bits per heavy atom. The minimum absolute atomic E-state index is 0.0591. The largest absolute Gasteiger partial charge is 0.506 e. The highest BCUT2D eigenvalue weighted by Gasteiger charge is 2.21. The molecule has 126 valence electrons. The minimum atomic E-state index is -0.146. The van der Waals surface area contributed by atoms with Crippen molar-refractivity contribution in [3.8, 4) is 28.5 Å². The van der Waals surface area contributed by atoms with Gasteiger partial charge >= 0.3 is 0 Å². The first-order valence-corrected chi connectivity index (χ1v) is 8.99. The Kier molecular flexibility index (Phi) is 4.04. The van der Waals surface area contributed by atoms with Crippen molar-refractivity contribution in [1.29, 1.82) is 0 Å². The molecule has 2 aromatic heterocycles. The van der Waals surface area contributed by atoms with Crippen LogP contribution in [0.5, 0.6) is 5.75 Å². The number of nitrogens with zero attached hydrogens (tertiary/aromatic N) is 4. The fourth-order valence-electron chi connectivity index (χ4n) is 2.63. The molecule has 0 atom stereocenters. The predicted molar refractivity (Wildman–Crippen MR) is 98.1 cm³/mol. The lowest BCUT2D eigenvalue weighted by Gasteiger charge is -2.13. The quantitative estimate of drug-likeness (QED) is 0.608. The molecular formula is C16H11Br2N5O2. The van der Waals surface area contributed by atoms with Crippen molar-refractivity contribution in [1.82, 2.24) is 25.1 Å². The van der Waals surface area contributed by atoms with Crippen LogP contribution < -0.4 is 5.32 Å². The first-order chi connectivity index (χ1) is 12.0. The van der Waals surface area contributed by atoms with Crippen LogP contribution in [0, 0.1) is 0 Å². The van der Waals surface area contributed by atoms with Crippen LogP contribution in [0.4, 0.5) is 0 Å². The van der Waals surface area contributed by atoms with Gasteiger partial charge in [-0.1, -0.05) is 15.9 Å². The second kappa shape index (κ2) is 6.23. The highest BCUT2D eigenvalue weighted by atomic mass is 79.9. The van der Waals surface area contributed by atoms with Gasteiger partial charge in [-0.25, -0.2) is 9.97 Å². The van der Waals surface area contributed by atoms with E-state index in [1.165, 1.54) is 0 Å². The molecular weight excluding hydrogens is 454 g/mol. The second-order valence-corrected chi connectivity index (χ2v) is 7.21. The summed E-state index contributed by atoms with van der Waals surface area (Å²) >= 11 is 6.70. The number of phenols is 1. The Morgan fingerprint density at radius 3 is 2.84 bits per heavy atom. The molecule has 1 aromatic carbocycles. The zero-order chi connectivity index (χ0) is 17.6. The number of rotatable bonds is 2. The van der Waals surface area contributed by atoms with Gasteiger partial charge in [-0.05, 0) is 40.2 Å². The van der Waals surface area contributed by atoms with Gasteiger partial charge in [-0.15, -0.1) is 0 Å². The van der Waals surface area contributed by atoms with Gasteiger partial charge < -0.3 is 10.4 Å². The fraction of sp³-hybridized carbons (Fsp3) is 0.125. The SMILES string of the molecule is O=C1NCCn2nc(-c3ccnc(-c4cc(Br)cc(Br)c4O)n3)cc21. The number of aromatic nitrogens is 4. The summed E-state index contributed by atoms with van der Waals surface area (Å²) < 4.78 is 3.00. The number of carbonyl (C=O) groups excluding carboxylic acids is 1. The van der Waals surface area contributed by atoms with Gasteiger partial charge in [-0.2, -0.15) is 5.10 Å². The molecule has 0 radical (unpaired) electrons. The number of phenolic OH excluding ortho intramolecular Hbond substituents is 1. The third-order valence-electron chi connectivity index (χ3n) is 3.81. The van der Waals surface area contributed by atoms with E-state index in [1.54, 1.807) is 35.1 Å². The van der Waals surface area contributed by atoms with Crippen molar-refractivity contribution in [2.24, 2.45) is 0 Å². The lowest BCUT2D eigenvalue weighted by atomic mass is 10.2. The highest BCUT2D eigenvalue weighted by Crippen LogP contribution is 2.37. The Morgan fingerprint density at radius 1 is 1.20 bits per heavy atom. The molecule has 2 N–H and O–H groups in total. The number of fused-ring (bicyclic) bond motifs is 1. The van der Waals surface area contributed by atoms with E-state index in [0.29, 0.717) is 46.0 Å². The molecule has 4 rings (SSSR count). The summed E-state index contributed by atoms with van der Waals surface area (Å²) in [6, 6.07) is 6.91. The molecule has 7 nitrogen and oxygen atoms in total. The van der Waals surface area contributed by atoms with Crippen molar-refractivity contribution >= 4 is 37.8 Å². The van der Waals surface area contributed by atoms with E-state index in [2.05, 4.69) is 52.2 Å². The van der Waals surface area contributed by atoms with E-state index >= 15 is 0 Å². The molecule has 0 aliphatic carbocycles. The van der Waals surface area contributed by atoms with Crippen molar-refractivity contribution in [2.45, 2.75) is 6.54 Å². The third kappa shape index (κ3) is 2.93. The number of hydrogen-bond acceptors (Lipinski definition) is 5. The van der Waals surface area contributed by atoms with Crippen molar-refractivity contribution < 1.29 is 9.90 Å². The van der Waals surface area contributed by atoms with E-state index in [4.69, 9.17) is 0 Å². The average molecular weight is 465 g/mol. The maximum Gasteiger partial charge on any atom is 0.269 e. The van der Waals surface area contributed by atoms with Crippen LogP contribution >= 0.6 is 31.9 Å². The normalized spacial score (nSPS) is 13.4. The number of benzene rings is 1. The molecule has 0 saturated carbocycles. The maximum atomic E-state index is 11.9. The van der Waals surface area contributed by atoms with Crippen LogP contribution in [0.2, 0.25) is 0 Å². The molecule has 1 aliphatic heterocycles. The number of hydrogen-bond donors (Lipinski definition) is 2. The number of amides is 1. The Labute approximate surface area is 159 Å². The van der Waals surface area contributed by atoms with E-state index in [0.717, 1.165) is 4.47 Å². The Balaban J connectivity index is 1.80. The topological polar surface area (TPSA) is 92.9 Å².